The van der Waals surface area contributed by atoms with Gasteiger partial charge in [0, 0.05) is 6.07 Å². The normalized spacial score (nSPS) is 10.1. The lowest BCUT2D eigenvalue weighted by atomic mass is 10.2. The van der Waals surface area contributed by atoms with E-state index < -0.39 is 17.6 Å². The van der Waals surface area contributed by atoms with Gasteiger partial charge in [-0.3, -0.25) is 0 Å². The first-order valence-electron chi connectivity index (χ1n) is 4.97. The topological polar surface area (TPSA) is 62.2 Å². The maximum Gasteiger partial charge on any atom is 0.354 e. The molecular formula is C12H8F2N2O2. The van der Waals surface area contributed by atoms with Crippen LogP contribution in [0.4, 0.5) is 20.2 Å². The summed E-state index contributed by atoms with van der Waals surface area (Å²) in [6, 6.07) is 5.84. The molecule has 0 saturated heterocycles. The van der Waals surface area contributed by atoms with Gasteiger partial charge in [0.25, 0.3) is 0 Å². The van der Waals surface area contributed by atoms with Gasteiger partial charge in [-0.2, -0.15) is 0 Å². The van der Waals surface area contributed by atoms with Crippen molar-refractivity contribution in [2.75, 3.05) is 5.32 Å². The minimum atomic E-state index is -1.14. The molecule has 0 radical (unpaired) electrons. The number of nitrogens with one attached hydrogen (secondary N) is 1. The van der Waals surface area contributed by atoms with E-state index >= 15 is 0 Å². The molecule has 0 unspecified atom stereocenters. The van der Waals surface area contributed by atoms with E-state index in [1.807, 2.05) is 0 Å². The predicted octanol–water partition coefficient (Wildman–Crippen LogP) is 2.80. The zero-order chi connectivity index (χ0) is 13.1. The van der Waals surface area contributed by atoms with Crippen LogP contribution in [0.25, 0.3) is 0 Å². The van der Waals surface area contributed by atoms with Crippen LogP contribution in [0.5, 0.6) is 0 Å². The van der Waals surface area contributed by atoms with Crippen molar-refractivity contribution in [3.63, 3.8) is 0 Å². The number of hydrogen-bond donors (Lipinski definition) is 2. The van der Waals surface area contributed by atoms with Gasteiger partial charge in [-0.1, -0.05) is 0 Å². The highest BCUT2D eigenvalue weighted by Gasteiger charge is 2.06. The molecule has 0 spiro atoms. The van der Waals surface area contributed by atoms with E-state index in [2.05, 4.69) is 10.3 Å². The van der Waals surface area contributed by atoms with Crippen molar-refractivity contribution in [1.82, 2.24) is 4.98 Å². The average molecular weight is 250 g/mol. The van der Waals surface area contributed by atoms with E-state index in [9.17, 15) is 13.6 Å². The molecule has 0 amide bonds. The Bertz CT molecular complexity index is 585. The maximum atomic E-state index is 13.3. The second-order valence-corrected chi connectivity index (χ2v) is 3.49. The summed E-state index contributed by atoms with van der Waals surface area (Å²) in [7, 11) is 0. The molecule has 92 valence electrons. The Hall–Kier alpha value is -2.50. The van der Waals surface area contributed by atoms with Crippen molar-refractivity contribution < 1.29 is 18.7 Å². The Morgan fingerprint density at radius 3 is 2.56 bits per heavy atom. The molecule has 18 heavy (non-hydrogen) atoms. The molecule has 0 atom stereocenters. The number of pyridine rings is 1. The second kappa shape index (κ2) is 4.79. The van der Waals surface area contributed by atoms with Crippen LogP contribution in [-0.4, -0.2) is 16.1 Å². The van der Waals surface area contributed by atoms with Gasteiger partial charge in [0.15, 0.2) is 0 Å². The molecule has 1 heterocycles. The summed E-state index contributed by atoms with van der Waals surface area (Å²) in [5, 5.41) is 11.3. The molecule has 2 rings (SSSR count). The molecule has 1 aromatic heterocycles. The first kappa shape index (κ1) is 12.0. The van der Waals surface area contributed by atoms with Crippen LogP contribution < -0.4 is 5.32 Å². The van der Waals surface area contributed by atoms with E-state index in [4.69, 9.17) is 5.11 Å². The third-order valence-electron chi connectivity index (χ3n) is 2.19. The molecule has 2 N–H and O–H groups in total. The molecule has 4 nitrogen and oxygen atoms in total. The number of carbonyl (C=O) groups is 1. The maximum absolute atomic E-state index is 13.3. The SMILES string of the molecule is O=C(O)c1ccc(Nc2ccc(F)cc2F)cn1. The van der Waals surface area contributed by atoms with E-state index in [1.165, 1.54) is 24.4 Å². The van der Waals surface area contributed by atoms with Gasteiger partial charge in [-0.25, -0.2) is 18.6 Å². The average Bonchev–Trinajstić information content (AvgIpc) is 2.33. The van der Waals surface area contributed by atoms with Crippen LogP contribution in [-0.2, 0) is 0 Å². The zero-order valence-corrected chi connectivity index (χ0v) is 9.02. The van der Waals surface area contributed by atoms with Gasteiger partial charge in [-0.15, -0.1) is 0 Å². The molecule has 2 aromatic rings. The number of nitrogens with zero attached hydrogens (tertiary/aromatic N) is 1. The van der Waals surface area contributed by atoms with Gasteiger partial charge >= 0.3 is 5.97 Å². The number of rotatable bonds is 3. The van der Waals surface area contributed by atoms with Crippen LogP contribution in [0.3, 0.4) is 0 Å². The third kappa shape index (κ3) is 2.60. The molecular weight excluding hydrogens is 242 g/mol. The minimum absolute atomic E-state index is 0.0845. The van der Waals surface area contributed by atoms with Crippen molar-refractivity contribution in [2.45, 2.75) is 0 Å². The first-order chi connectivity index (χ1) is 8.56. The van der Waals surface area contributed by atoms with Gasteiger partial charge in [0.05, 0.1) is 17.6 Å². The third-order valence-corrected chi connectivity index (χ3v) is 2.19. The fourth-order valence-electron chi connectivity index (χ4n) is 1.34. The summed E-state index contributed by atoms with van der Waals surface area (Å²) >= 11 is 0. The lowest BCUT2D eigenvalue weighted by molar-refractivity contribution is 0.0690. The molecule has 0 bridgehead atoms. The Kier molecular flexibility index (Phi) is 3.18. The van der Waals surface area contributed by atoms with Gasteiger partial charge < -0.3 is 10.4 Å². The van der Waals surface area contributed by atoms with Gasteiger partial charge in [-0.05, 0) is 24.3 Å². The number of halogens is 2. The fraction of sp³-hybridized carbons (Fsp3) is 0. The summed E-state index contributed by atoms with van der Waals surface area (Å²) in [4.78, 5) is 14.2. The Labute approximate surface area is 101 Å². The summed E-state index contributed by atoms with van der Waals surface area (Å²) in [6.45, 7) is 0. The zero-order valence-electron chi connectivity index (χ0n) is 9.02. The van der Waals surface area contributed by atoms with Crippen molar-refractivity contribution in [1.29, 1.82) is 0 Å². The van der Waals surface area contributed by atoms with E-state index in [1.54, 1.807) is 0 Å². The van der Waals surface area contributed by atoms with Crippen LogP contribution in [0.1, 0.15) is 10.5 Å². The van der Waals surface area contributed by atoms with Gasteiger partial charge in [0.2, 0.25) is 0 Å². The summed E-state index contributed by atoms with van der Waals surface area (Å²) < 4.78 is 26.0. The molecule has 1 aromatic carbocycles. The summed E-state index contributed by atoms with van der Waals surface area (Å²) in [5.74, 6) is -2.55. The molecule has 6 heteroatoms. The first-order valence-corrected chi connectivity index (χ1v) is 4.97. The van der Waals surface area contributed by atoms with E-state index in [-0.39, 0.29) is 11.4 Å². The number of hydrogen-bond acceptors (Lipinski definition) is 3. The number of aromatic nitrogens is 1. The van der Waals surface area contributed by atoms with E-state index in [0.29, 0.717) is 5.69 Å². The molecule has 0 aliphatic heterocycles. The number of aromatic carboxylic acids is 1. The van der Waals surface area contributed by atoms with Gasteiger partial charge in [0.1, 0.15) is 17.3 Å². The predicted molar refractivity (Wildman–Crippen MR) is 60.8 cm³/mol. The van der Waals surface area contributed by atoms with Crippen LogP contribution in [0.15, 0.2) is 36.5 Å². The van der Waals surface area contributed by atoms with Crippen LogP contribution in [0.2, 0.25) is 0 Å². The lowest BCUT2D eigenvalue weighted by Gasteiger charge is -2.07. The highest BCUT2D eigenvalue weighted by Crippen LogP contribution is 2.20. The molecule has 0 aliphatic carbocycles. The van der Waals surface area contributed by atoms with Crippen molar-refractivity contribution in [3.05, 3.63) is 53.9 Å². The monoisotopic (exact) mass is 250 g/mol. The Balaban J connectivity index is 2.21. The second-order valence-electron chi connectivity index (χ2n) is 3.49. The molecule has 0 fully saturated rings. The van der Waals surface area contributed by atoms with E-state index in [0.717, 1.165) is 12.1 Å². The largest absolute Gasteiger partial charge is 0.477 e. The van der Waals surface area contributed by atoms with Crippen molar-refractivity contribution >= 4 is 17.3 Å². The number of anilines is 2. The number of carboxylic acid groups (broad SMARTS) is 1. The highest BCUT2D eigenvalue weighted by molar-refractivity contribution is 5.85. The fourth-order valence-corrected chi connectivity index (χ4v) is 1.34. The lowest BCUT2D eigenvalue weighted by Crippen LogP contribution is -2.01. The van der Waals surface area contributed by atoms with Crippen LogP contribution >= 0.6 is 0 Å². The van der Waals surface area contributed by atoms with Crippen molar-refractivity contribution in [3.8, 4) is 0 Å². The Morgan fingerprint density at radius 2 is 2.00 bits per heavy atom. The summed E-state index contributed by atoms with van der Waals surface area (Å²) in [5.41, 5.74) is 0.381. The smallest absolute Gasteiger partial charge is 0.354 e. The minimum Gasteiger partial charge on any atom is -0.477 e. The Morgan fingerprint density at radius 1 is 1.22 bits per heavy atom. The standard InChI is InChI=1S/C12H8F2N2O2/c13-7-1-3-10(9(14)5-7)16-8-2-4-11(12(17)18)15-6-8/h1-6,16H,(H,17,18). The van der Waals surface area contributed by atoms with Crippen LogP contribution in [0, 0.1) is 11.6 Å². The quantitative estimate of drug-likeness (QED) is 0.879. The molecule has 0 saturated carbocycles. The molecule has 0 aliphatic rings. The van der Waals surface area contributed by atoms with Crippen molar-refractivity contribution in [2.24, 2.45) is 0 Å². The number of carboxylic acids is 1. The highest BCUT2D eigenvalue weighted by atomic mass is 19.1. The summed E-state index contributed by atoms with van der Waals surface area (Å²) in [6.07, 6.45) is 1.26. The number of benzene rings is 1.